The fraction of sp³-hybridized carbons (Fsp3) is 0.0833. The van der Waals surface area contributed by atoms with Crippen molar-refractivity contribution >= 4 is 65.2 Å². The highest BCUT2D eigenvalue weighted by Gasteiger charge is 2.21. The van der Waals surface area contributed by atoms with Crippen molar-refractivity contribution in [1.82, 2.24) is 4.98 Å². The maximum atomic E-state index is 12.1. The third-order valence-electron chi connectivity index (χ3n) is 5.63. The zero-order valence-electron chi connectivity index (χ0n) is 14.9. The van der Waals surface area contributed by atoms with E-state index in [1.165, 1.54) is 20.2 Å². The highest BCUT2D eigenvalue weighted by atomic mass is 32.1. The first kappa shape index (κ1) is 15.8. The average Bonchev–Trinajstić information content (AvgIpc) is 3.08. The number of rotatable bonds is 1. The van der Waals surface area contributed by atoms with E-state index >= 15 is 0 Å². The van der Waals surface area contributed by atoms with Gasteiger partial charge in [-0.25, -0.2) is 4.79 Å². The maximum absolute atomic E-state index is 12.1. The number of carbonyl (C=O) groups is 1. The molecule has 0 fully saturated rings. The number of aromatic carboxylic acids is 1. The van der Waals surface area contributed by atoms with Crippen molar-refractivity contribution in [2.75, 3.05) is 0 Å². The van der Waals surface area contributed by atoms with Crippen LogP contribution < -0.4 is 0 Å². The molecule has 2 aromatic heterocycles. The van der Waals surface area contributed by atoms with E-state index in [1.54, 1.807) is 11.3 Å². The summed E-state index contributed by atoms with van der Waals surface area (Å²) in [4.78, 5) is 17.0. The molecule has 134 valence electrons. The normalized spacial score (nSPS) is 13.6. The number of hydrogen-bond donors (Lipinski definition) is 1. The van der Waals surface area contributed by atoms with Crippen LogP contribution in [0, 0.1) is 0 Å². The lowest BCUT2D eigenvalue weighted by atomic mass is 9.92. The van der Waals surface area contributed by atoms with Gasteiger partial charge in [-0.1, -0.05) is 42.5 Å². The number of fused-ring (bicyclic) bond motifs is 7. The van der Waals surface area contributed by atoms with Gasteiger partial charge < -0.3 is 5.11 Å². The van der Waals surface area contributed by atoms with E-state index in [1.807, 2.05) is 24.3 Å². The zero-order chi connectivity index (χ0) is 18.8. The van der Waals surface area contributed by atoms with Crippen molar-refractivity contribution in [3.05, 3.63) is 71.4 Å². The molecule has 1 N–H and O–H groups in total. The number of aromatic nitrogens is 1. The van der Waals surface area contributed by atoms with Crippen molar-refractivity contribution in [1.29, 1.82) is 0 Å². The molecule has 1 aliphatic rings. The minimum absolute atomic E-state index is 0.370. The number of carboxylic acids is 1. The average molecular weight is 381 g/mol. The lowest BCUT2D eigenvalue weighted by Gasteiger charge is -2.16. The Balaban J connectivity index is 1.79. The molecule has 6 rings (SSSR count). The lowest BCUT2D eigenvalue weighted by molar-refractivity contribution is 0.0698. The summed E-state index contributed by atoms with van der Waals surface area (Å²) in [7, 11) is 0. The summed E-state index contributed by atoms with van der Waals surface area (Å²) in [6.45, 7) is 0. The van der Waals surface area contributed by atoms with Gasteiger partial charge >= 0.3 is 5.97 Å². The predicted octanol–water partition coefficient (Wildman–Crippen LogP) is 6.41. The Morgan fingerprint density at radius 1 is 0.964 bits per heavy atom. The van der Waals surface area contributed by atoms with Gasteiger partial charge in [0.25, 0.3) is 0 Å². The van der Waals surface area contributed by atoms with Crippen LogP contribution in [0.15, 0.2) is 54.6 Å². The van der Waals surface area contributed by atoms with Crippen LogP contribution in [0.25, 0.3) is 47.9 Å². The van der Waals surface area contributed by atoms with Crippen LogP contribution in [0.2, 0.25) is 0 Å². The molecule has 0 spiro atoms. The van der Waals surface area contributed by atoms with E-state index in [0.29, 0.717) is 10.9 Å². The number of hydrogen-bond acceptors (Lipinski definition) is 3. The molecule has 0 aliphatic heterocycles. The molecule has 3 aromatic carbocycles. The van der Waals surface area contributed by atoms with Gasteiger partial charge in [-0.05, 0) is 36.4 Å². The van der Waals surface area contributed by atoms with Crippen molar-refractivity contribution in [2.24, 2.45) is 0 Å². The molecular formula is C24H15NO2S. The monoisotopic (exact) mass is 381 g/mol. The number of aryl methyl sites for hydroxylation is 1. The molecule has 2 heterocycles. The Kier molecular flexibility index (Phi) is 3.17. The fourth-order valence-corrected chi connectivity index (χ4v) is 5.48. The molecule has 0 saturated heterocycles. The van der Waals surface area contributed by atoms with E-state index in [9.17, 15) is 9.90 Å². The Morgan fingerprint density at radius 3 is 2.75 bits per heavy atom. The molecule has 3 nitrogen and oxygen atoms in total. The van der Waals surface area contributed by atoms with Gasteiger partial charge in [-0.3, -0.25) is 4.98 Å². The molecule has 4 heteroatoms. The van der Waals surface area contributed by atoms with Crippen molar-refractivity contribution < 1.29 is 9.90 Å². The van der Waals surface area contributed by atoms with Crippen LogP contribution in [0.3, 0.4) is 0 Å². The van der Waals surface area contributed by atoms with E-state index in [0.717, 1.165) is 40.4 Å². The van der Waals surface area contributed by atoms with E-state index in [2.05, 4.69) is 36.4 Å². The van der Waals surface area contributed by atoms with Crippen LogP contribution in [0.1, 0.15) is 28.0 Å². The summed E-state index contributed by atoms with van der Waals surface area (Å²) in [5, 5.41) is 15.3. The Bertz CT molecular complexity index is 1490. The van der Waals surface area contributed by atoms with Gasteiger partial charge in [0.05, 0.1) is 11.1 Å². The number of thiophene rings is 1. The SMILES string of the molecule is O=C(O)c1c2c(nc3c1ccc1cc4c(cc13)sc1ccccc14)CCC=C2. The summed E-state index contributed by atoms with van der Waals surface area (Å²) in [5.74, 6) is -0.891. The number of carboxylic acid groups (broad SMARTS) is 1. The van der Waals surface area contributed by atoms with Crippen molar-refractivity contribution in [2.45, 2.75) is 12.8 Å². The summed E-state index contributed by atoms with van der Waals surface area (Å²) < 4.78 is 2.47. The molecule has 5 aromatic rings. The second-order valence-electron chi connectivity index (χ2n) is 7.22. The fourth-order valence-electron chi connectivity index (χ4n) is 4.36. The highest BCUT2D eigenvalue weighted by Crippen LogP contribution is 2.39. The number of nitrogens with zero attached hydrogens (tertiary/aromatic N) is 1. The minimum atomic E-state index is -0.891. The standard InChI is InChI=1S/C24H15NO2S/c26-24(27)22-15-6-1-3-7-19(15)25-23-16(22)10-9-13-11-18-14-5-2-4-8-20(14)28-21(18)12-17(13)23/h1-2,4-6,8-12H,3,7H2,(H,26,27). The summed E-state index contributed by atoms with van der Waals surface area (Å²) in [6, 6.07) is 16.8. The van der Waals surface area contributed by atoms with Crippen molar-refractivity contribution in [3.8, 4) is 0 Å². The summed E-state index contributed by atoms with van der Waals surface area (Å²) >= 11 is 1.77. The van der Waals surface area contributed by atoms with Crippen LogP contribution in [0.5, 0.6) is 0 Å². The van der Waals surface area contributed by atoms with Gasteiger partial charge in [0.2, 0.25) is 0 Å². The van der Waals surface area contributed by atoms with Gasteiger partial charge in [0.1, 0.15) is 0 Å². The van der Waals surface area contributed by atoms with Gasteiger partial charge in [-0.2, -0.15) is 0 Å². The predicted molar refractivity (Wildman–Crippen MR) is 116 cm³/mol. The van der Waals surface area contributed by atoms with E-state index in [-0.39, 0.29) is 0 Å². The third-order valence-corrected chi connectivity index (χ3v) is 6.76. The molecule has 28 heavy (non-hydrogen) atoms. The number of allylic oxidation sites excluding steroid dienone is 1. The van der Waals surface area contributed by atoms with Crippen LogP contribution in [-0.2, 0) is 6.42 Å². The maximum Gasteiger partial charge on any atom is 0.337 e. The number of pyridine rings is 1. The quantitative estimate of drug-likeness (QED) is 0.341. The first-order chi connectivity index (χ1) is 13.7. The Labute approximate surface area is 164 Å². The summed E-state index contributed by atoms with van der Waals surface area (Å²) in [5.41, 5.74) is 2.81. The first-order valence-corrected chi connectivity index (χ1v) is 10.1. The topological polar surface area (TPSA) is 50.2 Å². The molecule has 0 amide bonds. The van der Waals surface area contributed by atoms with Gasteiger partial charge in [0, 0.05) is 42.2 Å². The highest BCUT2D eigenvalue weighted by molar-refractivity contribution is 7.25. The zero-order valence-corrected chi connectivity index (χ0v) is 15.7. The van der Waals surface area contributed by atoms with Crippen LogP contribution >= 0.6 is 11.3 Å². The lowest BCUT2D eigenvalue weighted by Crippen LogP contribution is -2.09. The smallest absolute Gasteiger partial charge is 0.337 e. The molecule has 1 aliphatic carbocycles. The van der Waals surface area contributed by atoms with Crippen molar-refractivity contribution in [3.63, 3.8) is 0 Å². The Hall–Kier alpha value is -3.24. The molecule has 0 unspecified atom stereocenters. The molecule has 0 radical (unpaired) electrons. The van der Waals surface area contributed by atoms with Gasteiger partial charge in [0.15, 0.2) is 0 Å². The Morgan fingerprint density at radius 2 is 1.86 bits per heavy atom. The molecular weight excluding hydrogens is 366 g/mol. The number of benzene rings is 3. The first-order valence-electron chi connectivity index (χ1n) is 9.31. The second kappa shape index (κ2) is 5.63. The minimum Gasteiger partial charge on any atom is -0.478 e. The molecule has 0 bridgehead atoms. The van der Waals surface area contributed by atoms with E-state index < -0.39 is 5.97 Å². The van der Waals surface area contributed by atoms with Crippen LogP contribution in [0.4, 0.5) is 0 Å². The second-order valence-corrected chi connectivity index (χ2v) is 8.31. The molecule has 0 saturated carbocycles. The molecule has 0 atom stereocenters. The van der Waals surface area contributed by atoms with E-state index in [4.69, 9.17) is 4.98 Å². The van der Waals surface area contributed by atoms with Crippen LogP contribution in [-0.4, -0.2) is 16.1 Å². The summed E-state index contributed by atoms with van der Waals surface area (Å²) in [6.07, 6.45) is 5.62. The van der Waals surface area contributed by atoms with Gasteiger partial charge in [-0.15, -0.1) is 11.3 Å². The third kappa shape index (κ3) is 2.09. The largest absolute Gasteiger partial charge is 0.478 e.